The second-order valence-electron chi connectivity index (χ2n) is 8.22. The number of ether oxygens (including phenoxy) is 1. The minimum Gasteiger partial charge on any atom is -0.550 e. The monoisotopic (exact) mass is 407 g/mol. The van der Waals surface area contributed by atoms with E-state index in [1.807, 2.05) is 21.1 Å². The molecule has 2 aromatic rings. The molecule has 0 bridgehead atoms. The summed E-state index contributed by atoms with van der Waals surface area (Å²) in [5.74, 6) is -3.06. The lowest BCUT2D eigenvalue weighted by atomic mass is 10.0. The number of halogens is 1. The number of carboxylic acid groups (broad SMARTS) is 1. The molecule has 0 saturated heterocycles. The van der Waals surface area contributed by atoms with Gasteiger partial charge in [-0.3, -0.25) is 9.59 Å². The van der Waals surface area contributed by atoms with Crippen LogP contribution in [-0.4, -0.2) is 56.0 Å². The minimum atomic E-state index is -1.28. The van der Waals surface area contributed by atoms with Crippen LogP contribution in [-0.2, 0) is 14.3 Å². The highest BCUT2D eigenvalue weighted by Gasteiger charge is 2.50. The van der Waals surface area contributed by atoms with Crippen LogP contribution in [0.25, 0.3) is 11.0 Å². The number of hydrogen-bond acceptors (Lipinski definition) is 6. The van der Waals surface area contributed by atoms with Gasteiger partial charge in [0.25, 0.3) is 0 Å². The van der Waals surface area contributed by atoms with Crippen molar-refractivity contribution in [2.24, 2.45) is 11.8 Å². The lowest BCUT2D eigenvalue weighted by Crippen LogP contribution is -2.45. The maximum atomic E-state index is 12.7. The molecular formula is C20H22ClNO6. The first-order valence-corrected chi connectivity index (χ1v) is 9.34. The van der Waals surface area contributed by atoms with Crippen molar-refractivity contribution >= 4 is 40.3 Å². The third-order valence-electron chi connectivity index (χ3n) is 4.65. The van der Waals surface area contributed by atoms with Gasteiger partial charge in [0.15, 0.2) is 17.5 Å². The van der Waals surface area contributed by atoms with Gasteiger partial charge in [0.1, 0.15) is 6.54 Å². The summed E-state index contributed by atoms with van der Waals surface area (Å²) in [7, 11) is 5.61. The number of aliphatic carboxylic acids is 1. The summed E-state index contributed by atoms with van der Waals surface area (Å²) < 4.78 is 11.1. The van der Waals surface area contributed by atoms with Gasteiger partial charge in [-0.1, -0.05) is 11.6 Å². The fourth-order valence-corrected chi connectivity index (χ4v) is 3.60. The Morgan fingerprint density at radius 2 is 2.00 bits per heavy atom. The van der Waals surface area contributed by atoms with Gasteiger partial charge >= 0.3 is 5.97 Å². The average Bonchev–Trinajstić information content (AvgIpc) is 3.21. The van der Waals surface area contributed by atoms with Gasteiger partial charge in [-0.05, 0) is 24.6 Å². The van der Waals surface area contributed by atoms with E-state index in [0.717, 1.165) is 0 Å². The van der Waals surface area contributed by atoms with Crippen LogP contribution in [0.15, 0.2) is 28.9 Å². The topological polar surface area (TPSA) is 96.6 Å². The van der Waals surface area contributed by atoms with Crippen molar-refractivity contribution in [2.75, 3.05) is 27.7 Å². The molecule has 0 amide bonds. The molecule has 3 rings (SSSR count). The lowest BCUT2D eigenvalue weighted by molar-refractivity contribution is -0.873. The number of rotatable bonds is 8. The van der Waals surface area contributed by atoms with E-state index in [1.165, 1.54) is 12.3 Å². The van der Waals surface area contributed by atoms with E-state index in [4.69, 9.17) is 20.8 Å². The van der Waals surface area contributed by atoms with Crippen molar-refractivity contribution in [3.8, 4) is 0 Å². The molecule has 0 spiro atoms. The fourth-order valence-electron chi connectivity index (χ4n) is 3.33. The summed E-state index contributed by atoms with van der Waals surface area (Å²) in [6.45, 7) is 0.331. The summed E-state index contributed by atoms with van der Waals surface area (Å²) >= 11 is 6.15. The first kappa shape index (κ1) is 20.4. The maximum absolute atomic E-state index is 12.7. The highest BCUT2D eigenvalue weighted by atomic mass is 35.5. The number of carbonyl (C=O) groups excluding carboxylic acids is 3. The summed E-state index contributed by atoms with van der Waals surface area (Å²) in [6.07, 6.45) is 0.693. The van der Waals surface area contributed by atoms with Crippen molar-refractivity contribution in [3.05, 3.63) is 35.0 Å². The third kappa shape index (κ3) is 4.72. The zero-order chi connectivity index (χ0) is 20.6. The van der Waals surface area contributed by atoms with Crippen LogP contribution in [0.4, 0.5) is 0 Å². The van der Waals surface area contributed by atoms with Crippen LogP contribution in [0.1, 0.15) is 23.2 Å². The highest BCUT2D eigenvalue weighted by Crippen LogP contribution is 2.43. The second kappa shape index (κ2) is 7.56. The SMILES string of the molecule is C[N+](C)(C)CC(CC(=O)[O-])OC(=O)[C@H]1C[C@@H]1C(=O)c1cc(Cl)c2occc2c1. The smallest absolute Gasteiger partial charge is 0.310 e. The standard InChI is InChI=1S/C20H22ClNO6/c1-22(2,3)10-13(8-17(23)24)28-20(26)15-9-14(15)18(25)12-6-11-4-5-27-19(11)16(21)7-12/h4-7,13-15H,8-10H2,1-3H3/t13?,14-,15-/m0/s1. The Hall–Kier alpha value is -2.38. The number of likely N-dealkylation sites (N-methyl/N-ethyl adjacent to an activating group) is 1. The van der Waals surface area contributed by atoms with Crippen molar-refractivity contribution in [1.29, 1.82) is 0 Å². The van der Waals surface area contributed by atoms with Gasteiger partial charge in [-0.25, -0.2) is 0 Å². The van der Waals surface area contributed by atoms with Crippen LogP contribution in [0.3, 0.4) is 0 Å². The molecule has 0 N–H and O–H groups in total. The van der Waals surface area contributed by atoms with Gasteiger partial charge in [-0.2, -0.15) is 0 Å². The fraction of sp³-hybridized carbons (Fsp3) is 0.450. The Morgan fingerprint density at radius 3 is 2.64 bits per heavy atom. The van der Waals surface area contributed by atoms with E-state index in [9.17, 15) is 19.5 Å². The number of esters is 1. The van der Waals surface area contributed by atoms with E-state index >= 15 is 0 Å². The number of carboxylic acids is 1. The zero-order valence-corrected chi connectivity index (χ0v) is 16.7. The van der Waals surface area contributed by atoms with E-state index in [0.29, 0.717) is 39.0 Å². The number of carbonyl (C=O) groups is 3. The number of Topliss-reactive ketones (excluding diaryl/α,β-unsaturated/α-hetero) is 1. The Bertz CT molecular complexity index is 928. The number of nitrogens with zero attached hydrogens (tertiary/aromatic N) is 1. The lowest BCUT2D eigenvalue weighted by Gasteiger charge is -2.29. The highest BCUT2D eigenvalue weighted by molar-refractivity contribution is 6.35. The number of ketones is 1. The summed E-state index contributed by atoms with van der Waals surface area (Å²) in [5, 5.41) is 12.0. The molecule has 1 saturated carbocycles. The Kier molecular flexibility index (Phi) is 5.50. The normalized spacial score (nSPS) is 20.0. The van der Waals surface area contributed by atoms with E-state index < -0.39 is 29.9 Å². The average molecular weight is 408 g/mol. The minimum absolute atomic E-state index is 0.185. The molecule has 150 valence electrons. The Morgan fingerprint density at radius 1 is 1.29 bits per heavy atom. The van der Waals surface area contributed by atoms with Gasteiger partial charge < -0.3 is 23.5 Å². The van der Waals surface area contributed by atoms with E-state index in [-0.39, 0.29) is 12.2 Å². The van der Waals surface area contributed by atoms with Crippen molar-refractivity contribution < 1.29 is 33.1 Å². The molecule has 1 aromatic heterocycles. The first-order chi connectivity index (χ1) is 13.0. The van der Waals surface area contributed by atoms with Gasteiger partial charge in [0.2, 0.25) is 0 Å². The van der Waals surface area contributed by atoms with Crippen LogP contribution in [0.2, 0.25) is 5.02 Å². The van der Waals surface area contributed by atoms with E-state index in [1.54, 1.807) is 12.1 Å². The van der Waals surface area contributed by atoms with Crippen LogP contribution in [0.5, 0.6) is 0 Å². The number of benzene rings is 1. The number of fused-ring (bicyclic) bond motifs is 1. The summed E-state index contributed by atoms with van der Waals surface area (Å²) in [6, 6.07) is 4.93. The van der Waals surface area contributed by atoms with Crippen molar-refractivity contribution in [2.45, 2.75) is 18.9 Å². The molecule has 0 aliphatic heterocycles. The molecule has 1 fully saturated rings. The van der Waals surface area contributed by atoms with Crippen LogP contribution in [0, 0.1) is 11.8 Å². The van der Waals surface area contributed by atoms with Crippen LogP contribution < -0.4 is 5.11 Å². The molecule has 1 unspecified atom stereocenters. The number of quaternary nitrogens is 1. The third-order valence-corrected chi connectivity index (χ3v) is 4.93. The molecule has 0 radical (unpaired) electrons. The largest absolute Gasteiger partial charge is 0.550 e. The molecule has 8 heteroatoms. The molecule has 1 heterocycles. The van der Waals surface area contributed by atoms with Gasteiger partial charge in [0, 0.05) is 29.3 Å². The molecule has 7 nitrogen and oxygen atoms in total. The molecule has 3 atom stereocenters. The predicted octanol–water partition coefficient (Wildman–Crippen LogP) is 1.66. The summed E-state index contributed by atoms with van der Waals surface area (Å²) in [4.78, 5) is 36.1. The molecule has 28 heavy (non-hydrogen) atoms. The predicted molar refractivity (Wildman–Crippen MR) is 99.6 cm³/mol. The number of furan rings is 1. The molecule has 1 aromatic carbocycles. The summed E-state index contributed by atoms with van der Waals surface area (Å²) in [5.41, 5.74) is 0.923. The molecular weight excluding hydrogens is 386 g/mol. The van der Waals surface area contributed by atoms with Gasteiger partial charge in [0.05, 0.1) is 38.3 Å². The van der Waals surface area contributed by atoms with Crippen molar-refractivity contribution in [3.63, 3.8) is 0 Å². The van der Waals surface area contributed by atoms with E-state index in [2.05, 4.69) is 0 Å². The van der Waals surface area contributed by atoms with Crippen LogP contribution >= 0.6 is 11.6 Å². The van der Waals surface area contributed by atoms with Gasteiger partial charge in [-0.15, -0.1) is 0 Å². The molecule has 1 aliphatic rings. The molecule has 1 aliphatic carbocycles. The maximum Gasteiger partial charge on any atom is 0.310 e. The van der Waals surface area contributed by atoms with Crippen molar-refractivity contribution in [1.82, 2.24) is 0 Å². The Labute approximate surface area is 167 Å². The Balaban J connectivity index is 1.66. The quantitative estimate of drug-likeness (QED) is 0.375. The number of hydrogen-bond donors (Lipinski definition) is 0. The zero-order valence-electron chi connectivity index (χ0n) is 15.9. The second-order valence-corrected chi connectivity index (χ2v) is 8.63. The first-order valence-electron chi connectivity index (χ1n) is 8.97.